The van der Waals surface area contributed by atoms with Crippen LogP contribution in [0.4, 0.5) is 0 Å². The smallest absolute Gasteiger partial charge is 0.230 e. The summed E-state index contributed by atoms with van der Waals surface area (Å²) in [5, 5.41) is 7.68. The molecular weight excluding hydrogens is 228 g/mol. The van der Waals surface area contributed by atoms with Gasteiger partial charge in [-0.05, 0) is 12.8 Å². The lowest BCUT2D eigenvalue weighted by Gasteiger charge is -2.24. The van der Waals surface area contributed by atoms with Gasteiger partial charge in [-0.25, -0.2) is 8.42 Å². The van der Waals surface area contributed by atoms with Gasteiger partial charge in [0.25, 0.3) is 0 Å². The molecule has 0 rings (SSSR count). The Labute approximate surface area is 98.1 Å². The molecule has 0 saturated heterocycles. The number of rotatable bonds is 7. The first-order chi connectivity index (χ1) is 7.36. The van der Waals surface area contributed by atoms with Crippen molar-refractivity contribution in [2.24, 2.45) is 5.92 Å². The molecule has 0 saturated carbocycles. The number of methoxy groups -OCH3 is 1. The first-order valence-electron chi connectivity index (χ1n) is 5.23. The molecule has 0 aromatic heterocycles. The Balaban J connectivity index is 4.81. The van der Waals surface area contributed by atoms with Crippen molar-refractivity contribution in [3.05, 3.63) is 0 Å². The van der Waals surface area contributed by atoms with Gasteiger partial charge in [-0.3, -0.25) is 0 Å². The topological polar surface area (TPSA) is 70.4 Å². The zero-order valence-electron chi connectivity index (χ0n) is 10.3. The summed E-state index contributed by atoms with van der Waals surface area (Å²) < 4.78 is 30.1. The summed E-state index contributed by atoms with van der Waals surface area (Å²) in [4.78, 5) is 0. The van der Waals surface area contributed by atoms with Crippen molar-refractivity contribution < 1.29 is 13.2 Å². The van der Waals surface area contributed by atoms with Gasteiger partial charge in [-0.2, -0.15) is 9.57 Å². The van der Waals surface area contributed by atoms with Gasteiger partial charge < -0.3 is 4.74 Å². The molecule has 0 aliphatic heterocycles. The number of ether oxygens (including phenoxy) is 1. The zero-order valence-corrected chi connectivity index (χ0v) is 11.1. The lowest BCUT2D eigenvalue weighted by atomic mass is 10.2. The summed E-state index contributed by atoms with van der Waals surface area (Å²) in [6.07, 6.45) is 0. The monoisotopic (exact) mass is 248 g/mol. The molecule has 1 unspecified atom stereocenters. The number of nitriles is 1. The van der Waals surface area contributed by atoms with E-state index >= 15 is 0 Å². The van der Waals surface area contributed by atoms with Crippen molar-refractivity contribution in [2.45, 2.75) is 26.0 Å². The molecule has 6 heteroatoms. The van der Waals surface area contributed by atoms with Gasteiger partial charge in [-0.1, -0.05) is 13.8 Å². The molecule has 5 nitrogen and oxygen atoms in total. The molecule has 0 radical (unpaired) electrons. The Bertz CT molecular complexity index is 332. The minimum atomic E-state index is -3.53. The SMILES string of the molecule is COCCN(CC(C)C)S(=O)(=O)C(C)C#N. The molecule has 94 valence electrons. The van der Waals surface area contributed by atoms with E-state index < -0.39 is 15.3 Å². The highest BCUT2D eigenvalue weighted by molar-refractivity contribution is 7.89. The molecule has 16 heavy (non-hydrogen) atoms. The van der Waals surface area contributed by atoms with E-state index in [2.05, 4.69) is 0 Å². The van der Waals surface area contributed by atoms with Crippen LogP contribution in [0.5, 0.6) is 0 Å². The minimum absolute atomic E-state index is 0.220. The molecular formula is C10H20N2O3S. The van der Waals surface area contributed by atoms with Gasteiger partial charge in [-0.15, -0.1) is 0 Å². The predicted octanol–water partition coefficient (Wildman–Crippen LogP) is 0.833. The van der Waals surface area contributed by atoms with Crippen LogP contribution in [0.3, 0.4) is 0 Å². The van der Waals surface area contributed by atoms with E-state index in [-0.39, 0.29) is 5.92 Å². The summed E-state index contributed by atoms with van der Waals surface area (Å²) in [5.74, 6) is 0.220. The lowest BCUT2D eigenvalue weighted by molar-refractivity contribution is 0.175. The van der Waals surface area contributed by atoms with Gasteiger partial charge in [0.2, 0.25) is 10.0 Å². The normalized spacial score (nSPS) is 14.1. The van der Waals surface area contributed by atoms with Crippen molar-refractivity contribution in [1.82, 2.24) is 4.31 Å². The molecule has 0 bridgehead atoms. The summed E-state index contributed by atoms with van der Waals surface area (Å²) in [6.45, 7) is 6.32. The Kier molecular flexibility index (Phi) is 6.56. The van der Waals surface area contributed by atoms with Crippen LogP contribution in [-0.4, -0.2) is 44.8 Å². The average Bonchev–Trinajstić information content (AvgIpc) is 2.22. The quantitative estimate of drug-likeness (QED) is 0.669. The maximum atomic E-state index is 12.0. The van der Waals surface area contributed by atoms with Crippen LogP contribution in [0.2, 0.25) is 0 Å². The van der Waals surface area contributed by atoms with Crippen molar-refractivity contribution >= 4 is 10.0 Å². The minimum Gasteiger partial charge on any atom is -0.383 e. The Morgan fingerprint density at radius 1 is 1.38 bits per heavy atom. The second-order valence-electron chi connectivity index (χ2n) is 4.06. The van der Waals surface area contributed by atoms with Crippen LogP contribution in [-0.2, 0) is 14.8 Å². The summed E-state index contributed by atoms with van der Waals surface area (Å²) >= 11 is 0. The molecule has 0 aliphatic carbocycles. The first-order valence-corrected chi connectivity index (χ1v) is 6.74. The molecule has 0 amide bonds. The summed E-state index contributed by atoms with van der Waals surface area (Å²) in [7, 11) is -2.00. The summed E-state index contributed by atoms with van der Waals surface area (Å²) in [5.41, 5.74) is 0. The van der Waals surface area contributed by atoms with E-state index in [1.165, 1.54) is 18.3 Å². The van der Waals surface area contributed by atoms with Crippen LogP contribution in [0, 0.1) is 17.2 Å². The van der Waals surface area contributed by atoms with Crippen molar-refractivity contribution in [3.8, 4) is 6.07 Å². The van der Waals surface area contributed by atoms with Gasteiger partial charge in [0, 0.05) is 20.2 Å². The van der Waals surface area contributed by atoms with E-state index in [1.54, 1.807) is 6.07 Å². The predicted molar refractivity (Wildman–Crippen MR) is 62.3 cm³/mol. The third kappa shape index (κ3) is 4.47. The number of nitrogens with zero attached hydrogens (tertiary/aromatic N) is 2. The maximum Gasteiger partial charge on any atom is 0.230 e. The van der Waals surface area contributed by atoms with Crippen LogP contribution in [0.1, 0.15) is 20.8 Å². The van der Waals surface area contributed by atoms with Gasteiger partial charge in [0.15, 0.2) is 5.25 Å². The Morgan fingerprint density at radius 2 is 1.94 bits per heavy atom. The number of hydrogen-bond donors (Lipinski definition) is 0. The molecule has 0 aliphatic rings. The number of sulfonamides is 1. The summed E-state index contributed by atoms with van der Waals surface area (Å²) in [6, 6.07) is 1.76. The molecule has 0 N–H and O–H groups in total. The average molecular weight is 248 g/mol. The van der Waals surface area contributed by atoms with Crippen LogP contribution in [0.25, 0.3) is 0 Å². The van der Waals surface area contributed by atoms with Crippen LogP contribution in [0.15, 0.2) is 0 Å². The molecule has 0 heterocycles. The number of hydrogen-bond acceptors (Lipinski definition) is 4. The second-order valence-corrected chi connectivity index (χ2v) is 6.31. The van der Waals surface area contributed by atoms with E-state index in [0.29, 0.717) is 19.7 Å². The van der Waals surface area contributed by atoms with Crippen molar-refractivity contribution in [2.75, 3.05) is 26.8 Å². The Hall–Kier alpha value is -0.640. The zero-order chi connectivity index (χ0) is 12.8. The highest BCUT2D eigenvalue weighted by atomic mass is 32.2. The van der Waals surface area contributed by atoms with E-state index in [9.17, 15) is 8.42 Å². The van der Waals surface area contributed by atoms with Gasteiger partial charge >= 0.3 is 0 Å². The van der Waals surface area contributed by atoms with E-state index in [1.807, 2.05) is 13.8 Å². The maximum absolute atomic E-state index is 12.0. The van der Waals surface area contributed by atoms with Crippen LogP contribution < -0.4 is 0 Å². The fourth-order valence-corrected chi connectivity index (χ4v) is 2.63. The van der Waals surface area contributed by atoms with E-state index in [4.69, 9.17) is 10.00 Å². The highest BCUT2D eigenvalue weighted by Gasteiger charge is 2.28. The first kappa shape index (κ1) is 15.4. The molecule has 0 fully saturated rings. The molecule has 0 aromatic rings. The molecule has 0 spiro atoms. The van der Waals surface area contributed by atoms with Gasteiger partial charge in [0.1, 0.15) is 0 Å². The standard InChI is InChI=1S/C10H20N2O3S/c1-9(2)8-12(5-6-15-4)16(13,14)10(3)7-11/h9-10H,5-6,8H2,1-4H3. The van der Waals surface area contributed by atoms with Crippen molar-refractivity contribution in [1.29, 1.82) is 5.26 Å². The van der Waals surface area contributed by atoms with Crippen LogP contribution >= 0.6 is 0 Å². The van der Waals surface area contributed by atoms with Gasteiger partial charge in [0.05, 0.1) is 12.7 Å². The highest BCUT2D eigenvalue weighted by Crippen LogP contribution is 2.11. The largest absolute Gasteiger partial charge is 0.383 e. The lowest BCUT2D eigenvalue weighted by Crippen LogP contribution is -2.41. The fourth-order valence-electron chi connectivity index (χ4n) is 1.21. The van der Waals surface area contributed by atoms with E-state index in [0.717, 1.165) is 0 Å². The Morgan fingerprint density at radius 3 is 2.31 bits per heavy atom. The third-order valence-corrected chi connectivity index (χ3v) is 4.15. The molecule has 1 atom stereocenters. The molecule has 0 aromatic carbocycles. The third-order valence-electron chi connectivity index (χ3n) is 2.10. The second kappa shape index (κ2) is 6.84. The fraction of sp³-hybridized carbons (Fsp3) is 0.900. The van der Waals surface area contributed by atoms with Crippen molar-refractivity contribution in [3.63, 3.8) is 0 Å².